The van der Waals surface area contributed by atoms with Crippen molar-refractivity contribution in [3.8, 4) is 0 Å². The van der Waals surface area contributed by atoms with Crippen molar-refractivity contribution >= 4 is 11.7 Å². The van der Waals surface area contributed by atoms with Gasteiger partial charge in [-0.2, -0.15) is 0 Å². The molecule has 31 heavy (non-hydrogen) atoms. The minimum absolute atomic E-state index is 0.449. The third kappa shape index (κ3) is 6.29. The lowest BCUT2D eigenvalue weighted by Gasteiger charge is -2.10. The van der Waals surface area contributed by atoms with Gasteiger partial charge in [-0.05, 0) is 54.9 Å². The topological polar surface area (TPSA) is 71.8 Å². The number of benzene rings is 3. The summed E-state index contributed by atoms with van der Waals surface area (Å²) in [6.45, 7) is 2.17. The molecule has 3 rings (SSSR count). The summed E-state index contributed by atoms with van der Waals surface area (Å²) in [4.78, 5) is 0. The summed E-state index contributed by atoms with van der Waals surface area (Å²) < 4.78 is 0. The fourth-order valence-corrected chi connectivity index (χ4v) is 3.78. The Bertz CT molecular complexity index is 952. The summed E-state index contributed by atoms with van der Waals surface area (Å²) in [5.74, 6) is 0.898. The molecule has 0 radical (unpaired) electrons. The molecule has 160 valence electrons. The quantitative estimate of drug-likeness (QED) is 0.321. The Morgan fingerprint density at radius 1 is 0.581 bits per heavy atom. The fourth-order valence-electron chi connectivity index (χ4n) is 3.78. The van der Waals surface area contributed by atoms with Crippen molar-refractivity contribution in [2.45, 2.75) is 32.6 Å². The maximum Gasteiger partial charge on any atom is 0.125 e. The van der Waals surface area contributed by atoms with Crippen molar-refractivity contribution in [1.29, 1.82) is 10.8 Å². The molecule has 3 aromatic carbocycles. The largest absolute Gasteiger partial charge is 0.373 e. The monoisotopic (exact) mass is 412 g/mol. The lowest BCUT2D eigenvalue weighted by molar-refractivity contribution is 0.926. The van der Waals surface area contributed by atoms with E-state index in [1.165, 1.54) is 27.8 Å². The Hall–Kier alpha value is -3.40. The van der Waals surface area contributed by atoms with E-state index in [0.29, 0.717) is 11.7 Å². The summed E-state index contributed by atoms with van der Waals surface area (Å²) in [6.07, 6.45) is 4.01. The van der Waals surface area contributed by atoms with Crippen molar-refractivity contribution in [3.63, 3.8) is 0 Å². The summed E-state index contributed by atoms with van der Waals surface area (Å²) in [6, 6.07) is 23.4. The van der Waals surface area contributed by atoms with Gasteiger partial charge in [0.05, 0.1) is 0 Å². The molecule has 4 nitrogen and oxygen atoms in total. The molecule has 0 aliphatic heterocycles. The van der Waals surface area contributed by atoms with Gasteiger partial charge in [-0.3, -0.25) is 10.8 Å². The first-order valence-corrected chi connectivity index (χ1v) is 10.8. The molecule has 3 aromatic rings. The normalized spacial score (nSPS) is 10.5. The van der Waals surface area contributed by atoms with E-state index in [2.05, 4.69) is 60.0 Å². The summed E-state index contributed by atoms with van der Waals surface area (Å²) in [5, 5.41) is 21.5. The fraction of sp³-hybridized carbons (Fsp3) is 0.259. The van der Waals surface area contributed by atoms with Crippen molar-refractivity contribution in [2.75, 3.05) is 14.1 Å². The minimum atomic E-state index is 0.449. The van der Waals surface area contributed by atoms with Crippen LogP contribution in [0.25, 0.3) is 0 Å². The molecule has 0 fully saturated rings. The molecule has 0 saturated heterocycles. The number of nitrogens with one attached hydrogen (secondary N) is 4. The molecule has 0 aromatic heterocycles. The van der Waals surface area contributed by atoms with E-state index in [1.54, 1.807) is 14.1 Å². The first kappa shape index (κ1) is 22.3. The van der Waals surface area contributed by atoms with Crippen LogP contribution in [0.1, 0.15) is 38.9 Å². The highest BCUT2D eigenvalue weighted by Gasteiger charge is 2.04. The van der Waals surface area contributed by atoms with Gasteiger partial charge in [0, 0.05) is 25.2 Å². The molecule has 0 heterocycles. The smallest absolute Gasteiger partial charge is 0.125 e. The van der Waals surface area contributed by atoms with Gasteiger partial charge in [0.2, 0.25) is 0 Å². The van der Waals surface area contributed by atoms with E-state index in [4.69, 9.17) is 10.8 Å². The molecule has 0 atom stereocenters. The highest BCUT2D eigenvalue weighted by atomic mass is 14.9. The Morgan fingerprint density at radius 3 is 1.29 bits per heavy atom. The van der Waals surface area contributed by atoms with E-state index >= 15 is 0 Å². The molecule has 4 heteroatoms. The van der Waals surface area contributed by atoms with Gasteiger partial charge >= 0.3 is 0 Å². The highest BCUT2D eigenvalue weighted by Crippen LogP contribution is 2.16. The van der Waals surface area contributed by atoms with Crippen LogP contribution in [0, 0.1) is 17.7 Å². The van der Waals surface area contributed by atoms with E-state index in [9.17, 15) is 0 Å². The standard InChI is InChI=1S/C27H32N4/c1-19-16-22(6-4-20-8-12-24(13-9-20)26(28)30-2)18-23(17-19)7-5-21-10-14-25(15-11-21)27(29)31-3/h8-18H,4-7H2,1-3H3,(H2,28,30)(H2,29,31). The van der Waals surface area contributed by atoms with Crippen LogP contribution < -0.4 is 10.6 Å². The van der Waals surface area contributed by atoms with Crippen LogP contribution >= 0.6 is 0 Å². The first-order valence-electron chi connectivity index (χ1n) is 10.8. The third-order valence-corrected chi connectivity index (χ3v) is 5.59. The second kappa shape index (κ2) is 10.6. The zero-order chi connectivity index (χ0) is 22.2. The van der Waals surface area contributed by atoms with Gasteiger partial charge in [0.15, 0.2) is 0 Å². The summed E-state index contributed by atoms with van der Waals surface area (Å²) >= 11 is 0. The van der Waals surface area contributed by atoms with Crippen molar-refractivity contribution in [2.24, 2.45) is 0 Å². The lowest BCUT2D eigenvalue weighted by Crippen LogP contribution is -2.17. The molecular weight excluding hydrogens is 380 g/mol. The van der Waals surface area contributed by atoms with Crippen molar-refractivity contribution < 1.29 is 0 Å². The van der Waals surface area contributed by atoms with Gasteiger partial charge in [-0.1, -0.05) is 72.3 Å². The van der Waals surface area contributed by atoms with Crippen LogP contribution in [0.5, 0.6) is 0 Å². The van der Waals surface area contributed by atoms with Gasteiger partial charge in [0.1, 0.15) is 11.7 Å². The molecular formula is C27H32N4. The third-order valence-electron chi connectivity index (χ3n) is 5.59. The minimum Gasteiger partial charge on any atom is -0.373 e. The Kier molecular flexibility index (Phi) is 7.60. The molecule has 0 spiro atoms. The number of hydrogen-bond donors (Lipinski definition) is 4. The van der Waals surface area contributed by atoms with E-state index < -0.39 is 0 Å². The number of rotatable bonds is 8. The first-order chi connectivity index (χ1) is 15.0. The molecule has 0 bridgehead atoms. The van der Waals surface area contributed by atoms with E-state index in [0.717, 1.165) is 36.8 Å². The van der Waals surface area contributed by atoms with Crippen molar-refractivity contribution in [1.82, 2.24) is 10.6 Å². The number of hydrogen-bond acceptors (Lipinski definition) is 2. The molecule has 0 aliphatic rings. The van der Waals surface area contributed by atoms with Crippen LogP contribution in [-0.4, -0.2) is 25.8 Å². The van der Waals surface area contributed by atoms with Gasteiger partial charge in [-0.15, -0.1) is 0 Å². The number of aryl methyl sites for hydroxylation is 5. The van der Waals surface area contributed by atoms with Gasteiger partial charge in [0.25, 0.3) is 0 Å². The maximum absolute atomic E-state index is 7.85. The zero-order valence-corrected chi connectivity index (χ0v) is 18.7. The van der Waals surface area contributed by atoms with Crippen LogP contribution in [0.2, 0.25) is 0 Å². The predicted molar refractivity (Wildman–Crippen MR) is 131 cm³/mol. The van der Waals surface area contributed by atoms with Gasteiger partial charge in [-0.25, -0.2) is 0 Å². The summed E-state index contributed by atoms with van der Waals surface area (Å²) in [7, 11) is 3.55. The molecule has 0 aliphatic carbocycles. The van der Waals surface area contributed by atoms with E-state index in [1.807, 2.05) is 24.3 Å². The second-order valence-corrected chi connectivity index (χ2v) is 7.97. The van der Waals surface area contributed by atoms with Crippen LogP contribution in [0.3, 0.4) is 0 Å². The van der Waals surface area contributed by atoms with Crippen LogP contribution in [0.4, 0.5) is 0 Å². The molecule has 0 unspecified atom stereocenters. The average Bonchev–Trinajstić information content (AvgIpc) is 2.80. The molecule has 0 amide bonds. The van der Waals surface area contributed by atoms with Crippen molar-refractivity contribution in [3.05, 3.63) is 106 Å². The second-order valence-electron chi connectivity index (χ2n) is 7.97. The molecule has 4 N–H and O–H groups in total. The zero-order valence-electron chi connectivity index (χ0n) is 18.7. The van der Waals surface area contributed by atoms with Crippen LogP contribution in [-0.2, 0) is 25.7 Å². The highest BCUT2D eigenvalue weighted by molar-refractivity contribution is 5.96. The average molecular weight is 413 g/mol. The maximum atomic E-state index is 7.85. The summed E-state index contributed by atoms with van der Waals surface area (Å²) in [5.41, 5.74) is 8.48. The predicted octanol–water partition coefficient (Wildman–Crippen LogP) is 4.65. The van der Waals surface area contributed by atoms with Gasteiger partial charge < -0.3 is 10.6 Å². The van der Waals surface area contributed by atoms with E-state index in [-0.39, 0.29) is 0 Å². The Morgan fingerprint density at radius 2 is 0.935 bits per heavy atom. The Labute approximate surface area is 185 Å². The lowest BCUT2D eigenvalue weighted by atomic mass is 9.96. The van der Waals surface area contributed by atoms with Crippen LogP contribution in [0.15, 0.2) is 66.7 Å². The SMILES string of the molecule is CNC(=N)c1ccc(CCc2cc(C)cc(CCc3ccc(C(=N)NC)cc3)c2)cc1. The molecule has 0 saturated carbocycles. The number of amidine groups is 2. The Balaban J connectivity index is 1.59.